The number of carbonyl (C=O) groups excluding carboxylic acids is 2. The number of nitrogens with one attached hydrogen (secondary N) is 2. The van der Waals surface area contributed by atoms with Crippen LogP contribution in [0.1, 0.15) is 54.9 Å². The topological polar surface area (TPSA) is 79.9 Å². The first kappa shape index (κ1) is 29.4. The molecule has 39 heavy (non-hydrogen) atoms. The molecule has 1 unspecified atom stereocenters. The summed E-state index contributed by atoms with van der Waals surface area (Å²) in [5.41, 5.74) is 1.61. The molecule has 1 heterocycles. The van der Waals surface area contributed by atoms with E-state index in [1.165, 1.54) is 0 Å². The first-order chi connectivity index (χ1) is 18.9. The maximum absolute atomic E-state index is 13.7. The number of ether oxygens (including phenoxy) is 2. The second kappa shape index (κ2) is 14.1. The van der Waals surface area contributed by atoms with Crippen molar-refractivity contribution in [3.05, 3.63) is 64.7 Å². The van der Waals surface area contributed by atoms with Crippen molar-refractivity contribution in [2.45, 2.75) is 45.1 Å². The van der Waals surface area contributed by atoms with Crippen molar-refractivity contribution in [1.82, 2.24) is 15.5 Å². The highest BCUT2D eigenvalue weighted by atomic mass is 35.5. The van der Waals surface area contributed by atoms with Gasteiger partial charge in [0.1, 0.15) is 5.75 Å². The zero-order valence-electron chi connectivity index (χ0n) is 23.3. The van der Waals surface area contributed by atoms with Crippen LogP contribution in [0.2, 0.25) is 5.02 Å². The Morgan fingerprint density at radius 3 is 2.51 bits per heavy atom. The van der Waals surface area contributed by atoms with Crippen molar-refractivity contribution in [2.75, 3.05) is 46.5 Å². The van der Waals surface area contributed by atoms with Gasteiger partial charge in [-0.1, -0.05) is 41.9 Å². The highest BCUT2D eigenvalue weighted by molar-refractivity contribution is 6.31. The van der Waals surface area contributed by atoms with E-state index in [-0.39, 0.29) is 35.6 Å². The Morgan fingerprint density at radius 2 is 1.82 bits per heavy atom. The zero-order chi connectivity index (χ0) is 27.8. The van der Waals surface area contributed by atoms with Crippen molar-refractivity contribution in [2.24, 2.45) is 17.8 Å². The van der Waals surface area contributed by atoms with Crippen LogP contribution < -0.4 is 15.4 Å². The van der Waals surface area contributed by atoms with Crippen LogP contribution in [0.4, 0.5) is 0 Å². The summed E-state index contributed by atoms with van der Waals surface area (Å²) in [6.45, 7) is 8.00. The highest BCUT2D eigenvalue weighted by Gasteiger charge is 2.38. The lowest BCUT2D eigenvalue weighted by Gasteiger charge is -2.32. The molecule has 3 atom stereocenters. The summed E-state index contributed by atoms with van der Waals surface area (Å²) in [5, 5.41) is 7.20. The summed E-state index contributed by atoms with van der Waals surface area (Å²) in [6.07, 6.45) is 2.97. The lowest BCUT2D eigenvalue weighted by atomic mass is 9.91. The number of halogens is 1. The second-order valence-corrected chi connectivity index (χ2v) is 11.5. The molecule has 8 heteroatoms. The van der Waals surface area contributed by atoms with Crippen LogP contribution in [0, 0.1) is 17.8 Å². The van der Waals surface area contributed by atoms with Gasteiger partial charge in [0.25, 0.3) is 5.91 Å². The predicted octanol–water partition coefficient (Wildman–Crippen LogP) is 4.75. The van der Waals surface area contributed by atoms with Gasteiger partial charge in [0, 0.05) is 62.9 Å². The normalized spacial score (nSPS) is 19.6. The third-order valence-electron chi connectivity index (χ3n) is 7.75. The first-order valence-electron chi connectivity index (χ1n) is 14.1. The summed E-state index contributed by atoms with van der Waals surface area (Å²) in [6, 6.07) is 15.3. The van der Waals surface area contributed by atoms with Gasteiger partial charge in [0.2, 0.25) is 5.91 Å². The molecular formula is C31H42ClN3O4. The predicted molar refractivity (Wildman–Crippen MR) is 154 cm³/mol. The summed E-state index contributed by atoms with van der Waals surface area (Å²) in [5.74, 6) is 1.46. The molecule has 1 saturated carbocycles. The average molecular weight is 556 g/mol. The number of amides is 2. The minimum atomic E-state index is -0.0819. The molecule has 2 aromatic carbocycles. The molecule has 0 aromatic heterocycles. The number of nitrogens with zero attached hydrogens (tertiary/aromatic N) is 1. The van der Waals surface area contributed by atoms with Crippen LogP contribution in [0.15, 0.2) is 48.5 Å². The van der Waals surface area contributed by atoms with Crippen LogP contribution in [0.3, 0.4) is 0 Å². The van der Waals surface area contributed by atoms with E-state index < -0.39 is 0 Å². The molecule has 0 radical (unpaired) electrons. The minimum Gasteiger partial charge on any atom is -0.493 e. The maximum Gasteiger partial charge on any atom is 0.254 e. The molecule has 0 spiro atoms. The fourth-order valence-electron chi connectivity index (χ4n) is 5.42. The van der Waals surface area contributed by atoms with Crippen LogP contribution in [0.5, 0.6) is 5.75 Å². The van der Waals surface area contributed by atoms with E-state index in [1.54, 1.807) is 25.3 Å². The molecule has 2 aliphatic rings. The molecule has 2 fully saturated rings. The number of carbonyl (C=O) groups is 2. The Bertz CT molecular complexity index is 1090. The van der Waals surface area contributed by atoms with Crippen molar-refractivity contribution in [1.29, 1.82) is 0 Å². The number of rotatable bonds is 14. The largest absolute Gasteiger partial charge is 0.493 e. The molecule has 2 aromatic rings. The summed E-state index contributed by atoms with van der Waals surface area (Å²) < 4.78 is 10.9. The standard InChI is InChI=1S/C31H42ClN3O4/c1-21(2)35(31(37)24-14-27(32)16-28(15-24)39-13-7-12-38-3)20-26-18-33-17-25(26)19-34-30(36)29(23-10-11-23)22-8-5-4-6-9-22/h4-6,8-9,14-16,21,23,25-26,29,33H,7,10-13,17-20H2,1-3H3,(H,34,36)/t25-,26+,29?/m1/s1. The lowest BCUT2D eigenvalue weighted by molar-refractivity contribution is -0.123. The van der Waals surface area contributed by atoms with Crippen LogP contribution >= 0.6 is 11.6 Å². The van der Waals surface area contributed by atoms with E-state index in [0.29, 0.717) is 48.6 Å². The summed E-state index contributed by atoms with van der Waals surface area (Å²) in [7, 11) is 1.66. The van der Waals surface area contributed by atoms with Crippen molar-refractivity contribution < 1.29 is 19.1 Å². The Balaban J connectivity index is 1.38. The van der Waals surface area contributed by atoms with Crippen LogP contribution in [0.25, 0.3) is 0 Å². The van der Waals surface area contributed by atoms with E-state index in [9.17, 15) is 9.59 Å². The van der Waals surface area contributed by atoms with Crippen LogP contribution in [-0.2, 0) is 9.53 Å². The minimum absolute atomic E-state index is 0.00993. The lowest BCUT2D eigenvalue weighted by Crippen LogP contribution is -2.44. The highest BCUT2D eigenvalue weighted by Crippen LogP contribution is 2.42. The molecule has 0 bridgehead atoms. The number of methoxy groups -OCH3 is 1. The van der Waals surface area contributed by atoms with Crippen LogP contribution in [-0.4, -0.2) is 69.3 Å². The van der Waals surface area contributed by atoms with Gasteiger partial charge in [-0.25, -0.2) is 0 Å². The summed E-state index contributed by atoms with van der Waals surface area (Å²) >= 11 is 6.35. The zero-order valence-corrected chi connectivity index (χ0v) is 24.1. The van der Waals surface area contributed by atoms with Gasteiger partial charge in [-0.15, -0.1) is 0 Å². The van der Waals surface area contributed by atoms with E-state index in [0.717, 1.165) is 37.9 Å². The van der Waals surface area contributed by atoms with Crippen molar-refractivity contribution in [3.63, 3.8) is 0 Å². The maximum atomic E-state index is 13.7. The third kappa shape index (κ3) is 8.19. The number of hydrogen-bond acceptors (Lipinski definition) is 5. The smallest absolute Gasteiger partial charge is 0.254 e. The fraction of sp³-hybridized carbons (Fsp3) is 0.548. The Morgan fingerprint density at radius 1 is 1.08 bits per heavy atom. The Kier molecular flexibility index (Phi) is 10.7. The van der Waals surface area contributed by atoms with Gasteiger partial charge in [-0.3, -0.25) is 9.59 Å². The van der Waals surface area contributed by atoms with Gasteiger partial charge in [0.15, 0.2) is 0 Å². The van der Waals surface area contributed by atoms with Gasteiger partial charge in [0.05, 0.1) is 12.5 Å². The Labute approximate surface area is 237 Å². The first-order valence-corrected chi connectivity index (χ1v) is 14.5. The molecule has 2 N–H and O–H groups in total. The second-order valence-electron chi connectivity index (χ2n) is 11.1. The fourth-order valence-corrected chi connectivity index (χ4v) is 5.64. The molecular weight excluding hydrogens is 514 g/mol. The monoisotopic (exact) mass is 555 g/mol. The Hall–Kier alpha value is -2.61. The third-order valence-corrected chi connectivity index (χ3v) is 7.97. The van der Waals surface area contributed by atoms with E-state index in [2.05, 4.69) is 22.8 Å². The van der Waals surface area contributed by atoms with Crippen molar-refractivity contribution in [3.8, 4) is 5.75 Å². The molecule has 4 rings (SSSR count). The SMILES string of the molecule is COCCCOc1cc(Cl)cc(C(=O)N(C[C@@H]2CNC[C@@H]2CNC(=O)C(c2ccccc2)C2CC2)C(C)C)c1. The van der Waals surface area contributed by atoms with E-state index in [4.69, 9.17) is 21.1 Å². The molecule has 212 valence electrons. The van der Waals surface area contributed by atoms with E-state index in [1.807, 2.05) is 36.9 Å². The van der Waals surface area contributed by atoms with E-state index >= 15 is 0 Å². The number of benzene rings is 2. The quantitative estimate of drug-likeness (QED) is 0.329. The van der Waals surface area contributed by atoms with Gasteiger partial charge in [-0.05, 0) is 68.2 Å². The average Bonchev–Trinajstić information content (AvgIpc) is 3.65. The van der Waals surface area contributed by atoms with Crippen molar-refractivity contribution >= 4 is 23.4 Å². The molecule has 7 nitrogen and oxygen atoms in total. The molecule has 1 aliphatic carbocycles. The number of hydrogen-bond donors (Lipinski definition) is 2. The molecule has 1 saturated heterocycles. The molecule has 2 amide bonds. The molecule has 1 aliphatic heterocycles. The van der Waals surface area contributed by atoms with Gasteiger partial charge >= 0.3 is 0 Å². The van der Waals surface area contributed by atoms with Gasteiger partial charge in [-0.2, -0.15) is 0 Å². The summed E-state index contributed by atoms with van der Waals surface area (Å²) in [4.78, 5) is 28.8. The van der Waals surface area contributed by atoms with Gasteiger partial charge < -0.3 is 25.0 Å².